The van der Waals surface area contributed by atoms with Crippen LogP contribution in [0.15, 0.2) is 18.2 Å². The molecule has 1 unspecified atom stereocenters. The van der Waals surface area contributed by atoms with Crippen LogP contribution in [-0.4, -0.2) is 22.7 Å². The molecular weight excluding hydrogens is 214 g/mol. The molecule has 0 aliphatic rings. The van der Waals surface area contributed by atoms with Gasteiger partial charge in [-0.25, -0.2) is 8.78 Å². The molecule has 1 rings (SSSR count). The van der Waals surface area contributed by atoms with E-state index in [1.165, 1.54) is 0 Å². The molecule has 2 nitrogen and oxygen atoms in total. The van der Waals surface area contributed by atoms with Gasteiger partial charge in [0, 0.05) is 11.6 Å². The molecule has 5 heteroatoms. The zero-order valence-electron chi connectivity index (χ0n) is 7.17. The largest absolute Gasteiger partial charge is 0.393 e. The van der Waals surface area contributed by atoms with Gasteiger partial charge in [-0.05, 0) is 6.07 Å². The molecule has 1 aromatic carbocycles. The molecule has 0 radical (unpaired) electrons. The molecule has 0 spiro atoms. The summed E-state index contributed by atoms with van der Waals surface area (Å²) in [6.07, 6.45) is 0. The highest BCUT2D eigenvalue weighted by Crippen LogP contribution is 2.25. The standard InChI is InChI=1S/C9H9ClF2O2/c10-4-9(14,5-13)7-2-1-6(11)3-8(7)12/h1-3,13-14H,4-5H2. The summed E-state index contributed by atoms with van der Waals surface area (Å²) < 4.78 is 25.7. The number of aliphatic hydroxyl groups excluding tert-OH is 1. The van der Waals surface area contributed by atoms with Crippen LogP contribution in [0.5, 0.6) is 0 Å². The lowest BCUT2D eigenvalue weighted by Crippen LogP contribution is -2.33. The Morgan fingerprint density at radius 1 is 1.36 bits per heavy atom. The summed E-state index contributed by atoms with van der Waals surface area (Å²) in [6.45, 7) is -0.723. The maximum atomic E-state index is 13.1. The Labute approximate surface area is 84.7 Å². The number of halogens is 3. The zero-order valence-corrected chi connectivity index (χ0v) is 7.93. The number of hydrogen-bond acceptors (Lipinski definition) is 2. The normalized spacial score (nSPS) is 15.2. The summed E-state index contributed by atoms with van der Waals surface area (Å²) in [5.41, 5.74) is -2.07. The summed E-state index contributed by atoms with van der Waals surface area (Å²) in [5, 5.41) is 18.5. The van der Waals surface area contributed by atoms with Crippen molar-refractivity contribution in [1.29, 1.82) is 0 Å². The highest BCUT2D eigenvalue weighted by atomic mass is 35.5. The van der Waals surface area contributed by atoms with Crippen molar-refractivity contribution in [3.63, 3.8) is 0 Å². The van der Waals surface area contributed by atoms with Crippen molar-refractivity contribution in [2.24, 2.45) is 0 Å². The number of aliphatic hydroxyl groups is 2. The predicted octanol–water partition coefficient (Wildman–Crippen LogP) is 1.38. The van der Waals surface area contributed by atoms with Gasteiger partial charge in [-0.3, -0.25) is 0 Å². The van der Waals surface area contributed by atoms with E-state index in [2.05, 4.69) is 0 Å². The van der Waals surface area contributed by atoms with Gasteiger partial charge in [-0.1, -0.05) is 6.07 Å². The molecule has 2 N–H and O–H groups in total. The van der Waals surface area contributed by atoms with E-state index in [1.54, 1.807) is 0 Å². The maximum Gasteiger partial charge on any atom is 0.132 e. The highest BCUT2D eigenvalue weighted by molar-refractivity contribution is 6.18. The molecular formula is C9H9ClF2O2. The van der Waals surface area contributed by atoms with Gasteiger partial charge in [0.05, 0.1) is 12.5 Å². The van der Waals surface area contributed by atoms with Crippen LogP contribution in [0.4, 0.5) is 8.78 Å². The first kappa shape index (κ1) is 11.4. The van der Waals surface area contributed by atoms with E-state index in [-0.39, 0.29) is 11.4 Å². The topological polar surface area (TPSA) is 40.5 Å². The fraction of sp³-hybridized carbons (Fsp3) is 0.333. The van der Waals surface area contributed by atoms with E-state index in [0.717, 1.165) is 12.1 Å². The second kappa shape index (κ2) is 4.21. The van der Waals surface area contributed by atoms with E-state index in [4.69, 9.17) is 16.7 Å². The fourth-order valence-corrected chi connectivity index (χ4v) is 1.29. The average Bonchev–Trinajstić information content (AvgIpc) is 2.17. The molecule has 0 saturated carbocycles. The van der Waals surface area contributed by atoms with E-state index >= 15 is 0 Å². The number of hydrogen-bond donors (Lipinski definition) is 2. The Balaban J connectivity index is 3.17. The van der Waals surface area contributed by atoms with Crippen LogP contribution in [0.2, 0.25) is 0 Å². The number of rotatable bonds is 3. The minimum absolute atomic E-state index is 0.212. The van der Waals surface area contributed by atoms with Gasteiger partial charge >= 0.3 is 0 Å². The van der Waals surface area contributed by atoms with Crippen LogP contribution in [0, 0.1) is 11.6 Å². The summed E-state index contributed by atoms with van der Waals surface area (Å²) in [4.78, 5) is 0. The Morgan fingerprint density at radius 2 is 2.00 bits per heavy atom. The molecule has 14 heavy (non-hydrogen) atoms. The Hall–Kier alpha value is -0.710. The highest BCUT2D eigenvalue weighted by Gasteiger charge is 2.30. The van der Waals surface area contributed by atoms with Gasteiger partial charge in [0.15, 0.2) is 0 Å². The third kappa shape index (κ3) is 2.03. The van der Waals surface area contributed by atoms with Gasteiger partial charge in [-0.2, -0.15) is 0 Å². The fourth-order valence-electron chi connectivity index (χ4n) is 1.07. The molecule has 78 valence electrons. The van der Waals surface area contributed by atoms with Crippen LogP contribution in [0.25, 0.3) is 0 Å². The van der Waals surface area contributed by atoms with Gasteiger partial charge in [0.2, 0.25) is 0 Å². The maximum absolute atomic E-state index is 13.1. The van der Waals surface area contributed by atoms with Crippen molar-refractivity contribution >= 4 is 11.6 Å². The Morgan fingerprint density at radius 3 is 2.43 bits per heavy atom. The third-order valence-electron chi connectivity index (χ3n) is 1.92. The second-order valence-corrected chi connectivity index (χ2v) is 3.21. The molecule has 1 atom stereocenters. The van der Waals surface area contributed by atoms with Gasteiger partial charge in [-0.15, -0.1) is 11.6 Å². The van der Waals surface area contributed by atoms with E-state index < -0.39 is 23.8 Å². The predicted molar refractivity (Wildman–Crippen MR) is 48.1 cm³/mol. The van der Waals surface area contributed by atoms with E-state index in [0.29, 0.717) is 6.07 Å². The van der Waals surface area contributed by atoms with Gasteiger partial charge in [0.25, 0.3) is 0 Å². The van der Waals surface area contributed by atoms with Crippen LogP contribution < -0.4 is 0 Å². The van der Waals surface area contributed by atoms with Crippen molar-refractivity contribution in [3.8, 4) is 0 Å². The minimum Gasteiger partial charge on any atom is -0.393 e. The molecule has 0 amide bonds. The first-order valence-electron chi connectivity index (χ1n) is 3.88. The van der Waals surface area contributed by atoms with Crippen LogP contribution in [0.3, 0.4) is 0 Å². The van der Waals surface area contributed by atoms with Gasteiger partial charge in [0.1, 0.15) is 17.2 Å². The van der Waals surface area contributed by atoms with E-state index in [1.807, 2.05) is 0 Å². The Kier molecular flexibility index (Phi) is 3.42. The lowest BCUT2D eigenvalue weighted by atomic mass is 9.96. The molecule has 0 fully saturated rings. The van der Waals surface area contributed by atoms with Gasteiger partial charge < -0.3 is 10.2 Å². The smallest absolute Gasteiger partial charge is 0.132 e. The minimum atomic E-state index is -1.86. The molecule has 0 heterocycles. The number of benzene rings is 1. The Bertz CT molecular complexity index is 327. The first-order valence-corrected chi connectivity index (χ1v) is 4.41. The summed E-state index contributed by atoms with van der Waals surface area (Å²) in [5.74, 6) is -2.05. The molecule has 1 aromatic rings. The molecule has 0 aliphatic carbocycles. The quantitative estimate of drug-likeness (QED) is 0.759. The van der Waals surface area contributed by atoms with Crippen molar-refractivity contribution in [3.05, 3.63) is 35.4 Å². The lowest BCUT2D eigenvalue weighted by Gasteiger charge is -2.23. The van der Waals surface area contributed by atoms with Crippen LogP contribution >= 0.6 is 11.6 Å². The van der Waals surface area contributed by atoms with Crippen molar-refractivity contribution in [1.82, 2.24) is 0 Å². The second-order valence-electron chi connectivity index (χ2n) is 2.95. The van der Waals surface area contributed by atoms with Crippen molar-refractivity contribution in [2.45, 2.75) is 5.60 Å². The third-order valence-corrected chi connectivity index (χ3v) is 2.36. The van der Waals surface area contributed by atoms with Crippen molar-refractivity contribution < 1.29 is 19.0 Å². The molecule has 0 aliphatic heterocycles. The monoisotopic (exact) mass is 222 g/mol. The summed E-state index contributed by atoms with van der Waals surface area (Å²) in [7, 11) is 0. The van der Waals surface area contributed by atoms with Crippen LogP contribution in [0.1, 0.15) is 5.56 Å². The van der Waals surface area contributed by atoms with E-state index in [9.17, 15) is 13.9 Å². The molecule has 0 aromatic heterocycles. The zero-order chi connectivity index (χ0) is 10.8. The summed E-state index contributed by atoms with van der Waals surface area (Å²) >= 11 is 5.38. The number of alkyl halides is 1. The average molecular weight is 223 g/mol. The molecule has 0 saturated heterocycles. The van der Waals surface area contributed by atoms with Crippen molar-refractivity contribution in [2.75, 3.05) is 12.5 Å². The summed E-state index contributed by atoms with van der Waals surface area (Å²) in [6, 6.07) is 2.68. The molecule has 0 bridgehead atoms. The first-order chi connectivity index (χ1) is 6.53. The lowest BCUT2D eigenvalue weighted by molar-refractivity contribution is -0.00194. The van der Waals surface area contributed by atoms with Crippen LogP contribution in [-0.2, 0) is 5.60 Å². The SMILES string of the molecule is OCC(O)(CCl)c1ccc(F)cc1F.